The van der Waals surface area contributed by atoms with Crippen LogP contribution >= 0.6 is 11.3 Å². The predicted molar refractivity (Wildman–Crippen MR) is 134 cm³/mol. The number of anilines is 1. The third-order valence-corrected chi connectivity index (χ3v) is 7.59. The Bertz CT molecular complexity index is 1430. The van der Waals surface area contributed by atoms with Gasteiger partial charge in [0.15, 0.2) is 15.0 Å². The summed E-state index contributed by atoms with van der Waals surface area (Å²) < 4.78 is 26.4. The lowest BCUT2D eigenvalue weighted by atomic mass is 10.0. The Kier molecular flexibility index (Phi) is 7.34. The second kappa shape index (κ2) is 10.6. The van der Waals surface area contributed by atoms with Gasteiger partial charge in [0.2, 0.25) is 5.91 Å². The molecule has 0 aliphatic carbocycles. The molecule has 0 fully saturated rings. The number of thiazole rings is 1. The van der Waals surface area contributed by atoms with Crippen LogP contribution in [0, 0.1) is 0 Å². The molecular weight excluding hydrogens is 488 g/mol. The third kappa shape index (κ3) is 5.62. The predicted octanol–water partition coefficient (Wildman–Crippen LogP) is 2.30. The van der Waals surface area contributed by atoms with Gasteiger partial charge >= 0.3 is 0 Å². The summed E-state index contributed by atoms with van der Waals surface area (Å²) in [6.45, 7) is -0.272. The van der Waals surface area contributed by atoms with Crippen LogP contribution in [-0.2, 0) is 14.6 Å². The van der Waals surface area contributed by atoms with Crippen LogP contribution in [0.1, 0.15) is 10.4 Å². The van der Waals surface area contributed by atoms with Gasteiger partial charge in [0, 0.05) is 47.8 Å². The number of rotatable bonds is 9. The maximum atomic E-state index is 13.2. The molecule has 0 saturated carbocycles. The molecule has 0 saturated heterocycles. The molecule has 0 radical (unpaired) electrons. The fraction of sp³-hybridized carbons (Fsp3) is 0.130. The summed E-state index contributed by atoms with van der Waals surface area (Å²) in [5, 5.41) is 7.10. The molecule has 4 rings (SSSR count). The van der Waals surface area contributed by atoms with E-state index in [4.69, 9.17) is 5.73 Å². The molecule has 35 heavy (non-hydrogen) atoms. The number of aromatic nitrogens is 3. The average molecular weight is 511 g/mol. The van der Waals surface area contributed by atoms with Crippen LogP contribution < -0.4 is 16.4 Å². The van der Waals surface area contributed by atoms with Crippen LogP contribution in [-0.4, -0.2) is 54.0 Å². The molecule has 1 aromatic carbocycles. The van der Waals surface area contributed by atoms with Gasteiger partial charge in [-0.3, -0.25) is 14.6 Å². The van der Waals surface area contributed by atoms with E-state index in [2.05, 4.69) is 25.6 Å². The van der Waals surface area contributed by atoms with Crippen molar-refractivity contribution >= 4 is 38.1 Å². The van der Waals surface area contributed by atoms with Crippen molar-refractivity contribution in [1.82, 2.24) is 20.3 Å². The van der Waals surface area contributed by atoms with Gasteiger partial charge in [-0.25, -0.2) is 13.4 Å². The topological polar surface area (TPSA) is 160 Å². The van der Waals surface area contributed by atoms with Crippen molar-refractivity contribution in [2.45, 2.75) is 4.90 Å². The minimum absolute atomic E-state index is 0.0285. The number of sulfone groups is 1. The summed E-state index contributed by atoms with van der Waals surface area (Å²) in [6.07, 6.45) is 6.31. The molecule has 0 aliphatic heterocycles. The Labute approximate surface area is 205 Å². The van der Waals surface area contributed by atoms with Crippen LogP contribution in [0.3, 0.4) is 0 Å². The minimum atomic E-state index is -3.74. The standard InChI is InChI=1S/C23H22N6O4S2/c24-7-11-35(32,33)21-17(15-4-8-25-9-5-15)2-1-3-18(21)19-14-34-23(28-19)29-20(30)13-27-22(31)16-6-10-26-12-16/h1-6,8-10,12,14,26H,7,11,13,24H2,(H,27,31)(H,28,29,30). The van der Waals surface area contributed by atoms with Crippen LogP contribution in [0.15, 0.2) is 71.5 Å². The first-order valence-corrected chi connectivity index (χ1v) is 13.0. The van der Waals surface area contributed by atoms with Crippen molar-refractivity contribution in [3.63, 3.8) is 0 Å². The van der Waals surface area contributed by atoms with E-state index in [0.717, 1.165) is 11.3 Å². The monoisotopic (exact) mass is 510 g/mol. The Morgan fingerprint density at radius 2 is 1.86 bits per heavy atom. The number of pyridine rings is 1. The molecule has 5 N–H and O–H groups in total. The number of nitrogens with one attached hydrogen (secondary N) is 3. The highest BCUT2D eigenvalue weighted by Crippen LogP contribution is 2.37. The van der Waals surface area contributed by atoms with Gasteiger partial charge in [0.25, 0.3) is 5.91 Å². The molecule has 3 aromatic heterocycles. The summed E-state index contributed by atoms with van der Waals surface area (Å²) >= 11 is 1.15. The van der Waals surface area contributed by atoms with Crippen molar-refractivity contribution in [2.75, 3.05) is 24.2 Å². The van der Waals surface area contributed by atoms with Gasteiger partial charge in [-0.15, -0.1) is 11.3 Å². The number of benzene rings is 1. The molecule has 0 atom stereocenters. The van der Waals surface area contributed by atoms with E-state index in [1.807, 2.05) is 0 Å². The second-order valence-corrected chi connectivity index (χ2v) is 10.3. The highest BCUT2D eigenvalue weighted by Gasteiger charge is 2.25. The van der Waals surface area contributed by atoms with Crippen LogP contribution in [0.25, 0.3) is 22.4 Å². The van der Waals surface area contributed by atoms with Gasteiger partial charge in [0.05, 0.1) is 28.5 Å². The largest absolute Gasteiger partial charge is 0.367 e. The van der Waals surface area contributed by atoms with Gasteiger partial charge < -0.3 is 21.4 Å². The molecule has 0 aliphatic rings. The van der Waals surface area contributed by atoms with Gasteiger partial charge in [-0.2, -0.15) is 0 Å². The number of nitrogens with zero attached hydrogens (tertiary/aromatic N) is 2. The number of amides is 2. The number of hydrogen-bond acceptors (Lipinski definition) is 8. The van der Waals surface area contributed by atoms with E-state index in [1.54, 1.807) is 60.4 Å². The fourth-order valence-corrected chi connectivity index (χ4v) is 5.71. The van der Waals surface area contributed by atoms with Crippen LogP contribution in [0.5, 0.6) is 0 Å². The first kappa shape index (κ1) is 24.3. The molecule has 4 aromatic rings. The van der Waals surface area contributed by atoms with Gasteiger partial charge in [0.1, 0.15) is 0 Å². The number of aromatic amines is 1. The van der Waals surface area contributed by atoms with E-state index in [0.29, 0.717) is 27.9 Å². The zero-order valence-corrected chi connectivity index (χ0v) is 20.0. The lowest BCUT2D eigenvalue weighted by Gasteiger charge is -2.14. The Balaban J connectivity index is 1.59. The van der Waals surface area contributed by atoms with Gasteiger partial charge in [-0.1, -0.05) is 18.2 Å². The van der Waals surface area contributed by atoms with Crippen molar-refractivity contribution < 1.29 is 18.0 Å². The first-order chi connectivity index (χ1) is 16.9. The smallest absolute Gasteiger partial charge is 0.253 e. The van der Waals surface area contributed by atoms with E-state index in [-0.39, 0.29) is 34.8 Å². The van der Waals surface area contributed by atoms with Crippen LogP contribution in [0.4, 0.5) is 5.13 Å². The Hall–Kier alpha value is -3.87. The molecule has 12 heteroatoms. The maximum Gasteiger partial charge on any atom is 0.253 e. The number of carbonyl (C=O) groups excluding carboxylic acids is 2. The minimum Gasteiger partial charge on any atom is -0.367 e. The Morgan fingerprint density at radius 3 is 2.57 bits per heavy atom. The Morgan fingerprint density at radius 1 is 1.09 bits per heavy atom. The zero-order valence-electron chi connectivity index (χ0n) is 18.4. The SMILES string of the molecule is NCCS(=O)(=O)c1c(-c2ccncc2)cccc1-c1csc(NC(=O)CNC(=O)c2cc[nH]c2)n1. The van der Waals surface area contributed by atoms with E-state index in [9.17, 15) is 18.0 Å². The molecule has 10 nitrogen and oxygen atoms in total. The molecule has 0 bridgehead atoms. The normalized spacial score (nSPS) is 11.2. The highest BCUT2D eigenvalue weighted by atomic mass is 32.2. The quantitative estimate of drug-likeness (QED) is 0.269. The molecule has 2 amide bonds. The zero-order chi connectivity index (χ0) is 24.8. The van der Waals surface area contributed by atoms with Crippen molar-refractivity contribution in [1.29, 1.82) is 0 Å². The lowest BCUT2D eigenvalue weighted by molar-refractivity contribution is -0.115. The third-order valence-electron chi connectivity index (χ3n) is 5.00. The molecule has 180 valence electrons. The summed E-state index contributed by atoms with van der Waals surface area (Å²) in [6, 6.07) is 10.2. The maximum absolute atomic E-state index is 13.2. The summed E-state index contributed by atoms with van der Waals surface area (Å²) in [7, 11) is -3.74. The second-order valence-electron chi connectivity index (χ2n) is 7.39. The van der Waals surface area contributed by atoms with Crippen molar-refractivity contribution in [3.05, 3.63) is 72.1 Å². The highest BCUT2D eigenvalue weighted by molar-refractivity contribution is 7.91. The van der Waals surface area contributed by atoms with Gasteiger partial charge in [-0.05, 0) is 23.8 Å². The summed E-state index contributed by atoms with van der Waals surface area (Å²) in [4.78, 5) is 35.6. The molecule has 3 heterocycles. The number of nitrogens with two attached hydrogens (primary N) is 1. The first-order valence-electron chi connectivity index (χ1n) is 10.5. The number of H-pyrrole nitrogens is 1. The van der Waals surface area contributed by atoms with Crippen LogP contribution in [0.2, 0.25) is 0 Å². The van der Waals surface area contributed by atoms with E-state index >= 15 is 0 Å². The average Bonchev–Trinajstić information content (AvgIpc) is 3.55. The number of hydrogen-bond donors (Lipinski definition) is 4. The van der Waals surface area contributed by atoms with E-state index in [1.165, 1.54) is 6.20 Å². The van der Waals surface area contributed by atoms with E-state index < -0.39 is 15.7 Å². The van der Waals surface area contributed by atoms with Crippen molar-refractivity contribution in [2.24, 2.45) is 5.73 Å². The lowest BCUT2D eigenvalue weighted by Crippen LogP contribution is -2.32. The fourth-order valence-electron chi connectivity index (χ4n) is 3.44. The molecule has 0 spiro atoms. The molecule has 0 unspecified atom stereocenters. The van der Waals surface area contributed by atoms with Crippen molar-refractivity contribution in [3.8, 4) is 22.4 Å². The number of carbonyl (C=O) groups is 2. The summed E-state index contributed by atoms with van der Waals surface area (Å²) in [5.41, 5.74) is 8.01. The molecular formula is C23H22N6O4S2. The summed E-state index contributed by atoms with van der Waals surface area (Å²) in [5.74, 6) is -1.07.